The van der Waals surface area contributed by atoms with Gasteiger partial charge in [-0.25, -0.2) is 0 Å². The molecule has 1 aliphatic heterocycles. The Hall–Kier alpha value is -1.55. The van der Waals surface area contributed by atoms with Crippen LogP contribution < -0.4 is 5.32 Å². The van der Waals surface area contributed by atoms with Gasteiger partial charge in [0.05, 0.1) is 17.2 Å². The topological polar surface area (TPSA) is 37.3 Å². The molecule has 3 rings (SSSR count). The summed E-state index contributed by atoms with van der Waals surface area (Å²) in [5, 5.41) is 6.23. The van der Waals surface area contributed by atoms with Crippen LogP contribution in [0.5, 0.6) is 0 Å². The van der Waals surface area contributed by atoms with Crippen molar-refractivity contribution in [1.82, 2.24) is 4.98 Å². The molecule has 1 N–H and O–H groups in total. The fourth-order valence-electron chi connectivity index (χ4n) is 2.52. The first-order chi connectivity index (χ1) is 9.61. The number of nitrogens with zero attached hydrogens (tertiary/aromatic N) is 2. The fraction of sp³-hybridized carbons (Fsp3) is 0.375. The molecule has 2 heterocycles. The van der Waals surface area contributed by atoms with Gasteiger partial charge < -0.3 is 5.32 Å². The number of aryl methyl sites for hydroxylation is 1. The molecule has 0 saturated carbocycles. The second kappa shape index (κ2) is 5.44. The van der Waals surface area contributed by atoms with Gasteiger partial charge in [-0.3, -0.25) is 9.98 Å². The Balaban J connectivity index is 1.96. The van der Waals surface area contributed by atoms with Gasteiger partial charge in [-0.15, -0.1) is 0 Å². The molecule has 1 aliphatic rings. The Bertz CT molecular complexity index is 666. The summed E-state index contributed by atoms with van der Waals surface area (Å²) < 4.78 is 0. The number of hydrogen-bond acceptors (Lipinski definition) is 4. The van der Waals surface area contributed by atoms with E-state index in [9.17, 15) is 0 Å². The molecule has 0 fully saturated rings. The Labute approximate surface area is 123 Å². The minimum absolute atomic E-state index is 0.387. The zero-order valence-corrected chi connectivity index (χ0v) is 12.9. The second-order valence-corrected chi connectivity index (χ2v) is 6.83. The van der Waals surface area contributed by atoms with E-state index in [4.69, 9.17) is 4.99 Å². The minimum Gasteiger partial charge on any atom is -0.333 e. The minimum atomic E-state index is 0.387. The van der Waals surface area contributed by atoms with Crippen LogP contribution in [0.15, 0.2) is 35.3 Å². The van der Waals surface area contributed by atoms with Gasteiger partial charge in [0, 0.05) is 16.3 Å². The van der Waals surface area contributed by atoms with Crippen LogP contribution in [0.3, 0.4) is 0 Å². The lowest BCUT2D eigenvalue weighted by Crippen LogP contribution is -2.22. The molecule has 0 radical (unpaired) electrons. The Morgan fingerprint density at radius 1 is 1.20 bits per heavy atom. The van der Waals surface area contributed by atoms with E-state index in [1.165, 1.54) is 0 Å². The first-order valence-corrected chi connectivity index (χ1v) is 7.87. The molecule has 1 aromatic heterocycles. The summed E-state index contributed by atoms with van der Waals surface area (Å²) in [4.78, 5) is 9.35. The fourth-order valence-corrected chi connectivity index (χ4v) is 3.69. The predicted molar refractivity (Wildman–Crippen MR) is 88.7 cm³/mol. The van der Waals surface area contributed by atoms with Gasteiger partial charge in [-0.1, -0.05) is 36.9 Å². The van der Waals surface area contributed by atoms with Gasteiger partial charge in [0.1, 0.15) is 0 Å². The Kier molecular flexibility index (Phi) is 3.66. The number of para-hydroxylation sites is 1. The summed E-state index contributed by atoms with van der Waals surface area (Å²) in [5.41, 5.74) is 3.09. The standard InChI is InChI=1S/C16H19N3S/c1-10-7-8-13-5-4-6-14(15(13)17-10)19-16-18-11(2)9-12(3)20-16/h4-8,11-12H,9H2,1-3H3,(H,18,19). The third-order valence-corrected chi connectivity index (χ3v) is 4.45. The monoisotopic (exact) mass is 285 g/mol. The van der Waals surface area contributed by atoms with Crippen LogP contribution in [-0.2, 0) is 0 Å². The number of rotatable bonds is 1. The van der Waals surface area contributed by atoms with Crippen LogP contribution >= 0.6 is 11.8 Å². The van der Waals surface area contributed by atoms with Gasteiger partial charge in [0.15, 0.2) is 5.17 Å². The maximum Gasteiger partial charge on any atom is 0.161 e. The van der Waals surface area contributed by atoms with Crippen molar-refractivity contribution < 1.29 is 0 Å². The zero-order chi connectivity index (χ0) is 14.1. The van der Waals surface area contributed by atoms with Crippen LogP contribution in [0.25, 0.3) is 10.9 Å². The van der Waals surface area contributed by atoms with E-state index in [2.05, 4.69) is 48.4 Å². The maximum absolute atomic E-state index is 4.70. The van der Waals surface area contributed by atoms with Crippen molar-refractivity contribution in [3.05, 3.63) is 36.0 Å². The molecule has 0 aliphatic carbocycles. The van der Waals surface area contributed by atoms with E-state index in [0.717, 1.165) is 33.9 Å². The Morgan fingerprint density at radius 2 is 2.05 bits per heavy atom. The molecule has 0 saturated heterocycles. The molecule has 1 aromatic carbocycles. The van der Waals surface area contributed by atoms with Crippen molar-refractivity contribution in [2.24, 2.45) is 4.99 Å². The highest BCUT2D eigenvalue weighted by Crippen LogP contribution is 2.28. The Morgan fingerprint density at radius 3 is 2.85 bits per heavy atom. The van der Waals surface area contributed by atoms with E-state index in [1.54, 1.807) is 0 Å². The van der Waals surface area contributed by atoms with Crippen LogP contribution in [0.2, 0.25) is 0 Å². The first kappa shape index (κ1) is 13.4. The molecule has 4 heteroatoms. The van der Waals surface area contributed by atoms with Crippen LogP contribution in [0.1, 0.15) is 26.0 Å². The van der Waals surface area contributed by atoms with Gasteiger partial charge in [0.2, 0.25) is 0 Å². The number of aliphatic imine (C=N–C) groups is 1. The van der Waals surface area contributed by atoms with Gasteiger partial charge in [0.25, 0.3) is 0 Å². The summed E-state index contributed by atoms with van der Waals surface area (Å²) >= 11 is 1.81. The number of nitrogens with one attached hydrogen (secondary N) is 1. The average Bonchev–Trinajstić information content (AvgIpc) is 2.38. The van der Waals surface area contributed by atoms with E-state index in [1.807, 2.05) is 24.8 Å². The summed E-state index contributed by atoms with van der Waals surface area (Å²) in [5.74, 6) is 0. The molecule has 104 valence electrons. The number of aromatic nitrogens is 1. The molecule has 3 nitrogen and oxygen atoms in total. The van der Waals surface area contributed by atoms with Gasteiger partial charge >= 0.3 is 0 Å². The number of amidine groups is 1. The molecule has 20 heavy (non-hydrogen) atoms. The van der Waals surface area contributed by atoms with E-state index < -0.39 is 0 Å². The summed E-state index contributed by atoms with van der Waals surface area (Å²) in [6.07, 6.45) is 1.14. The summed E-state index contributed by atoms with van der Waals surface area (Å²) in [6, 6.07) is 10.8. The normalized spacial score (nSPS) is 22.6. The van der Waals surface area contributed by atoms with Crippen LogP contribution in [-0.4, -0.2) is 21.4 Å². The highest BCUT2D eigenvalue weighted by Gasteiger charge is 2.19. The highest BCUT2D eigenvalue weighted by molar-refractivity contribution is 8.14. The van der Waals surface area contributed by atoms with Crippen molar-refractivity contribution >= 4 is 33.5 Å². The first-order valence-electron chi connectivity index (χ1n) is 6.99. The van der Waals surface area contributed by atoms with Crippen molar-refractivity contribution in [3.63, 3.8) is 0 Å². The molecular formula is C16H19N3S. The predicted octanol–water partition coefficient (Wildman–Crippen LogP) is 4.23. The van der Waals surface area contributed by atoms with E-state index in [0.29, 0.717) is 11.3 Å². The van der Waals surface area contributed by atoms with Crippen molar-refractivity contribution in [3.8, 4) is 0 Å². The molecule has 0 amide bonds. The maximum atomic E-state index is 4.70. The molecule has 0 bridgehead atoms. The SMILES string of the molecule is Cc1ccc2cccc(NC3=NC(C)CC(C)S3)c2n1. The zero-order valence-electron chi connectivity index (χ0n) is 12.1. The van der Waals surface area contributed by atoms with Gasteiger partial charge in [-0.05, 0) is 32.4 Å². The number of anilines is 1. The van der Waals surface area contributed by atoms with Gasteiger partial charge in [-0.2, -0.15) is 0 Å². The number of thioether (sulfide) groups is 1. The smallest absolute Gasteiger partial charge is 0.161 e. The average molecular weight is 285 g/mol. The van der Waals surface area contributed by atoms with Crippen LogP contribution in [0, 0.1) is 6.92 Å². The highest BCUT2D eigenvalue weighted by atomic mass is 32.2. The van der Waals surface area contributed by atoms with Crippen molar-refractivity contribution in [2.45, 2.75) is 38.5 Å². The third-order valence-electron chi connectivity index (χ3n) is 3.42. The molecular weight excluding hydrogens is 266 g/mol. The van der Waals surface area contributed by atoms with E-state index >= 15 is 0 Å². The quantitative estimate of drug-likeness (QED) is 0.852. The van der Waals surface area contributed by atoms with Crippen molar-refractivity contribution in [2.75, 3.05) is 5.32 Å². The van der Waals surface area contributed by atoms with Crippen LogP contribution in [0.4, 0.5) is 5.69 Å². The number of hydrogen-bond donors (Lipinski definition) is 1. The number of fused-ring (bicyclic) bond motifs is 1. The second-order valence-electron chi connectivity index (χ2n) is 5.40. The number of benzene rings is 1. The van der Waals surface area contributed by atoms with Crippen molar-refractivity contribution in [1.29, 1.82) is 0 Å². The summed E-state index contributed by atoms with van der Waals surface area (Å²) in [6.45, 7) is 6.44. The molecule has 2 aromatic rings. The van der Waals surface area contributed by atoms with E-state index in [-0.39, 0.29) is 0 Å². The third kappa shape index (κ3) is 2.80. The largest absolute Gasteiger partial charge is 0.333 e. The lowest BCUT2D eigenvalue weighted by molar-refractivity contribution is 0.661. The summed E-state index contributed by atoms with van der Waals surface area (Å²) in [7, 11) is 0. The molecule has 2 atom stereocenters. The lowest BCUT2D eigenvalue weighted by Gasteiger charge is -2.23. The lowest BCUT2D eigenvalue weighted by atomic mass is 10.2. The number of pyridine rings is 1. The molecule has 0 spiro atoms. The molecule has 2 unspecified atom stereocenters.